The molecule has 7 heteroatoms. The Hall–Kier alpha value is -2.91. The first-order chi connectivity index (χ1) is 12.2. The molecule has 0 fully saturated rings. The second kappa shape index (κ2) is 7.77. The lowest BCUT2D eigenvalue weighted by atomic mass is 10.1. The normalized spacial score (nSPS) is 11.7. The summed E-state index contributed by atoms with van der Waals surface area (Å²) in [6, 6.07) is 12.6. The number of benzene rings is 1. The second-order valence-electron chi connectivity index (χ2n) is 5.31. The highest BCUT2D eigenvalue weighted by Crippen LogP contribution is 2.27. The highest BCUT2D eigenvalue weighted by molar-refractivity contribution is 6.20. The number of hydrogen-bond acceptors (Lipinski definition) is 6. The van der Waals surface area contributed by atoms with Crippen LogP contribution in [0.15, 0.2) is 47.1 Å². The van der Waals surface area contributed by atoms with Crippen molar-refractivity contribution >= 4 is 11.6 Å². The van der Waals surface area contributed by atoms with Gasteiger partial charge in [0.05, 0.1) is 17.0 Å². The highest BCUT2D eigenvalue weighted by atomic mass is 35.5. The van der Waals surface area contributed by atoms with Crippen LogP contribution >= 0.6 is 11.6 Å². The first kappa shape index (κ1) is 16.9. The van der Waals surface area contributed by atoms with Gasteiger partial charge in [0.25, 0.3) is 5.89 Å². The number of pyridine rings is 1. The van der Waals surface area contributed by atoms with Crippen molar-refractivity contribution in [1.29, 1.82) is 5.26 Å². The van der Waals surface area contributed by atoms with E-state index in [1.54, 1.807) is 30.5 Å². The molecule has 0 bridgehead atoms. The van der Waals surface area contributed by atoms with E-state index in [1.807, 2.05) is 19.1 Å². The van der Waals surface area contributed by atoms with E-state index in [1.165, 1.54) is 0 Å². The summed E-state index contributed by atoms with van der Waals surface area (Å²) < 4.78 is 11.0. The fourth-order valence-electron chi connectivity index (χ4n) is 2.11. The van der Waals surface area contributed by atoms with Gasteiger partial charge in [0.1, 0.15) is 18.1 Å². The summed E-state index contributed by atoms with van der Waals surface area (Å²) in [6.45, 7) is 2.34. The number of nitriles is 1. The van der Waals surface area contributed by atoms with Crippen molar-refractivity contribution in [3.8, 4) is 34.8 Å². The largest absolute Gasteiger partial charge is 0.492 e. The van der Waals surface area contributed by atoms with Gasteiger partial charge in [0.15, 0.2) is 0 Å². The highest BCUT2D eigenvalue weighted by Gasteiger charge is 2.14. The summed E-state index contributed by atoms with van der Waals surface area (Å²) in [5, 5.41) is 13.1. The Kier molecular flexibility index (Phi) is 5.26. The smallest absolute Gasteiger partial charge is 0.258 e. The van der Waals surface area contributed by atoms with Crippen LogP contribution in [-0.2, 0) is 0 Å². The van der Waals surface area contributed by atoms with Crippen LogP contribution in [0.5, 0.6) is 5.75 Å². The summed E-state index contributed by atoms with van der Waals surface area (Å²) in [4.78, 5) is 8.54. The lowest BCUT2D eigenvalue weighted by Crippen LogP contribution is -2.10. The molecule has 1 atom stereocenters. The number of ether oxygens (including phenoxy) is 1. The van der Waals surface area contributed by atoms with Gasteiger partial charge in [-0.2, -0.15) is 10.2 Å². The summed E-state index contributed by atoms with van der Waals surface area (Å²) in [6.07, 6.45) is 2.45. The van der Waals surface area contributed by atoms with E-state index in [4.69, 9.17) is 20.9 Å². The molecule has 25 heavy (non-hydrogen) atoms. The predicted octanol–water partition coefficient (Wildman–Crippen LogP) is 4.07. The molecule has 3 aromatic rings. The van der Waals surface area contributed by atoms with Gasteiger partial charge in [-0.25, -0.2) is 0 Å². The minimum absolute atomic E-state index is 0.0895. The van der Waals surface area contributed by atoms with Crippen molar-refractivity contribution in [1.82, 2.24) is 15.1 Å². The van der Waals surface area contributed by atoms with E-state index in [9.17, 15) is 5.26 Å². The molecule has 0 amide bonds. The van der Waals surface area contributed by atoms with Crippen molar-refractivity contribution in [3.63, 3.8) is 0 Å². The van der Waals surface area contributed by atoms with Crippen LogP contribution in [0.4, 0.5) is 0 Å². The minimum Gasteiger partial charge on any atom is -0.492 e. The molecule has 2 aromatic heterocycles. The third kappa shape index (κ3) is 4.14. The molecular weight excluding hydrogens is 340 g/mol. The molecule has 0 saturated heterocycles. The number of hydrogen-bond donors (Lipinski definition) is 0. The zero-order chi connectivity index (χ0) is 17.6. The van der Waals surface area contributed by atoms with Crippen molar-refractivity contribution in [2.24, 2.45) is 0 Å². The summed E-state index contributed by atoms with van der Waals surface area (Å²) in [5.74, 6) is 1.21. The van der Waals surface area contributed by atoms with Gasteiger partial charge in [-0.15, -0.1) is 11.6 Å². The number of alkyl halides is 1. The standard InChI is InChI=1S/C18H15ClN4O2/c1-2-14(19)11-24-15-8-12(10-20)7-13(9-15)18-22-17(23-25-18)16-5-3-4-6-21-16/h3-9,14H,2,11H2,1H3. The molecule has 126 valence electrons. The molecule has 1 unspecified atom stereocenters. The van der Waals surface area contributed by atoms with Crippen LogP contribution in [0.3, 0.4) is 0 Å². The third-order valence-electron chi connectivity index (χ3n) is 3.48. The van der Waals surface area contributed by atoms with Gasteiger partial charge < -0.3 is 9.26 Å². The van der Waals surface area contributed by atoms with Crippen LogP contribution in [-0.4, -0.2) is 27.1 Å². The van der Waals surface area contributed by atoms with Gasteiger partial charge in [-0.05, 0) is 36.8 Å². The van der Waals surface area contributed by atoms with E-state index in [-0.39, 0.29) is 5.38 Å². The summed E-state index contributed by atoms with van der Waals surface area (Å²) >= 11 is 6.08. The van der Waals surface area contributed by atoms with Crippen LogP contribution in [0.25, 0.3) is 23.0 Å². The van der Waals surface area contributed by atoms with Crippen LogP contribution < -0.4 is 4.74 Å². The van der Waals surface area contributed by atoms with Crippen molar-refractivity contribution < 1.29 is 9.26 Å². The number of aromatic nitrogens is 3. The fourth-order valence-corrected chi connectivity index (χ4v) is 2.18. The zero-order valence-corrected chi connectivity index (χ0v) is 14.3. The summed E-state index contributed by atoms with van der Waals surface area (Å²) in [7, 11) is 0. The molecule has 0 aliphatic heterocycles. The van der Waals surface area contributed by atoms with E-state index < -0.39 is 0 Å². The van der Waals surface area contributed by atoms with Crippen LogP contribution in [0, 0.1) is 11.3 Å². The van der Waals surface area contributed by atoms with E-state index >= 15 is 0 Å². The van der Waals surface area contributed by atoms with E-state index in [0.717, 1.165) is 6.42 Å². The van der Waals surface area contributed by atoms with Crippen molar-refractivity contribution in [2.45, 2.75) is 18.7 Å². The topological polar surface area (TPSA) is 84.8 Å². The Balaban J connectivity index is 1.89. The Bertz CT molecular complexity index is 890. The Morgan fingerprint density at radius 3 is 2.92 bits per heavy atom. The first-order valence-electron chi connectivity index (χ1n) is 7.77. The Morgan fingerprint density at radius 2 is 2.20 bits per heavy atom. The van der Waals surface area contributed by atoms with E-state index in [2.05, 4.69) is 21.2 Å². The lowest BCUT2D eigenvalue weighted by molar-refractivity contribution is 0.312. The number of rotatable bonds is 6. The van der Waals surface area contributed by atoms with Gasteiger partial charge in [0.2, 0.25) is 5.82 Å². The van der Waals surface area contributed by atoms with Gasteiger partial charge in [-0.1, -0.05) is 18.1 Å². The zero-order valence-electron chi connectivity index (χ0n) is 13.5. The quantitative estimate of drug-likeness (QED) is 0.620. The number of nitrogens with zero attached hydrogens (tertiary/aromatic N) is 4. The molecule has 6 nitrogen and oxygen atoms in total. The maximum absolute atomic E-state index is 9.23. The van der Waals surface area contributed by atoms with Crippen LogP contribution in [0.2, 0.25) is 0 Å². The predicted molar refractivity (Wildman–Crippen MR) is 93.1 cm³/mol. The average Bonchev–Trinajstić information content (AvgIpc) is 3.16. The molecule has 0 saturated carbocycles. The van der Waals surface area contributed by atoms with Gasteiger partial charge >= 0.3 is 0 Å². The van der Waals surface area contributed by atoms with Gasteiger partial charge in [-0.3, -0.25) is 4.98 Å². The maximum Gasteiger partial charge on any atom is 0.258 e. The Labute approximate surface area is 150 Å². The minimum atomic E-state index is -0.0895. The summed E-state index contributed by atoms with van der Waals surface area (Å²) in [5.41, 5.74) is 1.65. The molecule has 1 aromatic carbocycles. The molecule has 0 N–H and O–H groups in total. The second-order valence-corrected chi connectivity index (χ2v) is 5.93. The molecule has 0 radical (unpaired) electrons. The first-order valence-corrected chi connectivity index (χ1v) is 8.20. The molecule has 2 heterocycles. The average molecular weight is 355 g/mol. The van der Waals surface area contributed by atoms with Gasteiger partial charge in [0, 0.05) is 11.8 Å². The van der Waals surface area contributed by atoms with Crippen LogP contribution in [0.1, 0.15) is 18.9 Å². The molecule has 0 spiro atoms. The number of halogens is 1. The Morgan fingerprint density at radius 1 is 1.32 bits per heavy atom. The van der Waals surface area contributed by atoms with E-state index in [0.29, 0.717) is 40.9 Å². The molecule has 0 aliphatic rings. The fraction of sp³-hybridized carbons (Fsp3) is 0.222. The molecular formula is C18H15ClN4O2. The monoisotopic (exact) mass is 354 g/mol. The maximum atomic E-state index is 9.23. The molecule has 3 rings (SSSR count). The van der Waals surface area contributed by atoms with Crippen molar-refractivity contribution in [2.75, 3.05) is 6.61 Å². The third-order valence-corrected chi connectivity index (χ3v) is 3.91. The SMILES string of the molecule is CCC(Cl)COc1cc(C#N)cc(-c2nc(-c3ccccn3)no2)c1. The molecule has 0 aliphatic carbocycles. The van der Waals surface area contributed by atoms with Crippen molar-refractivity contribution in [3.05, 3.63) is 48.2 Å². The lowest BCUT2D eigenvalue weighted by Gasteiger charge is -2.10.